The minimum atomic E-state index is -1.54. The van der Waals surface area contributed by atoms with Crippen LogP contribution < -0.4 is 15.2 Å². The van der Waals surface area contributed by atoms with Crippen molar-refractivity contribution >= 4 is 29.1 Å². The zero-order chi connectivity index (χ0) is 15.5. The first-order valence-corrected chi connectivity index (χ1v) is 8.26. The maximum Gasteiger partial charge on any atom is 0.245 e. The number of anilines is 1. The molecule has 1 fully saturated rings. The molecule has 0 bridgehead atoms. The van der Waals surface area contributed by atoms with Gasteiger partial charge in [0, 0.05) is 19.0 Å². The summed E-state index contributed by atoms with van der Waals surface area (Å²) < 4.78 is 24.0. The van der Waals surface area contributed by atoms with Crippen molar-refractivity contribution in [3.05, 3.63) is 23.8 Å². The standard InChI is InChI=1S/C14H18N4O3S/c15-14-13-11(16-22(20)17-14)4-1-5-12(13)21-8-10-3-2-6-18(7-10)9-19/h1,4-5,9-10,16H,2-3,6-8H2,(H2,15,17). The fourth-order valence-electron chi connectivity index (χ4n) is 2.79. The molecule has 1 saturated heterocycles. The fraction of sp³-hybridized carbons (Fsp3) is 0.429. The predicted molar refractivity (Wildman–Crippen MR) is 84.8 cm³/mol. The van der Waals surface area contributed by atoms with Crippen molar-refractivity contribution in [2.75, 3.05) is 24.4 Å². The zero-order valence-corrected chi connectivity index (χ0v) is 12.8. The number of nitrogens with zero attached hydrogens (tertiary/aromatic N) is 2. The number of carbonyl (C=O) groups excluding carboxylic acids is 1. The Bertz CT molecular complexity index is 635. The van der Waals surface area contributed by atoms with Crippen molar-refractivity contribution in [1.82, 2.24) is 4.90 Å². The maximum absolute atomic E-state index is 11.5. The van der Waals surface area contributed by atoms with E-state index in [0.717, 1.165) is 25.8 Å². The van der Waals surface area contributed by atoms with Gasteiger partial charge in [0.1, 0.15) is 11.6 Å². The molecule has 3 N–H and O–H groups in total. The summed E-state index contributed by atoms with van der Waals surface area (Å²) in [5.74, 6) is 1.13. The first-order chi connectivity index (χ1) is 10.7. The Morgan fingerprint density at radius 1 is 1.55 bits per heavy atom. The van der Waals surface area contributed by atoms with Gasteiger partial charge in [-0.25, -0.2) is 4.21 Å². The second-order valence-corrected chi connectivity index (χ2v) is 6.31. The van der Waals surface area contributed by atoms with Gasteiger partial charge < -0.3 is 15.4 Å². The van der Waals surface area contributed by atoms with Gasteiger partial charge in [-0.2, -0.15) is 4.40 Å². The first-order valence-electron chi connectivity index (χ1n) is 7.15. The van der Waals surface area contributed by atoms with Crippen LogP contribution in [-0.4, -0.2) is 41.1 Å². The Morgan fingerprint density at radius 3 is 3.23 bits per heavy atom. The molecule has 0 aromatic heterocycles. The minimum Gasteiger partial charge on any atom is -0.492 e. The third-order valence-electron chi connectivity index (χ3n) is 3.83. The van der Waals surface area contributed by atoms with E-state index in [-0.39, 0.29) is 5.84 Å². The highest BCUT2D eigenvalue weighted by Gasteiger charge is 2.23. The summed E-state index contributed by atoms with van der Waals surface area (Å²) in [6.45, 7) is 2.04. The normalized spacial score (nSPS) is 24.0. The molecular weight excluding hydrogens is 304 g/mol. The number of hydrogen-bond donors (Lipinski definition) is 2. The number of piperidine rings is 1. The highest BCUT2D eigenvalue weighted by atomic mass is 32.2. The quantitative estimate of drug-likeness (QED) is 0.795. The van der Waals surface area contributed by atoms with Crippen molar-refractivity contribution in [3.8, 4) is 5.75 Å². The Kier molecular flexibility index (Phi) is 4.28. The highest BCUT2D eigenvalue weighted by molar-refractivity contribution is 7.85. The van der Waals surface area contributed by atoms with Crippen molar-refractivity contribution in [3.63, 3.8) is 0 Å². The number of nitrogens with two attached hydrogens (primary N) is 1. The number of likely N-dealkylation sites (tertiary alicyclic amines) is 1. The Hall–Kier alpha value is -2.09. The van der Waals surface area contributed by atoms with Crippen LogP contribution in [0, 0.1) is 5.92 Å². The number of hydrogen-bond acceptors (Lipinski definition) is 4. The van der Waals surface area contributed by atoms with E-state index < -0.39 is 11.2 Å². The van der Waals surface area contributed by atoms with E-state index in [1.165, 1.54) is 0 Å². The van der Waals surface area contributed by atoms with Crippen molar-refractivity contribution in [1.29, 1.82) is 0 Å². The van der Waals surface area contributed by atoms with Crippen LogP contribution in [0.4, 0.5) is 5.69 Å². The van der Waals surface area contributed by atoms with Gasteiger partial charge in [0.2, 0.25) is 17.6 Å². The number of benzene rings is 1. The molecule has 3 rings (SSSR count). The van der Waals surface area contributed by atoms with E-state index in [1.807, 2.05) is 12.1 Å². The van der Waals surface area contributed by atoms with Crippen LogP contribution in [0.2, 0.25) is 0 Å². The lowest BCUT2D eigenvalue weighted by atomic mass is 9.99. The number of ether oxygens (including phenoxy) is 1. The summed E-state index contributed by atoms with van der Waals surface area (Å²) in [7, 11) is 0. The van der Waals surface area contributed by atoms with E-state index in [9.17, 15) is 9.00 Å². The van der Waals surface area contributed by atoms with Crippen LogP contribution in [0.1, 0.15) is 18.4 Å². The van der Waals surface area contributed by atoms with Crippen LogP contribution in [0.15, 0.2) is 22.6 Å². The molecule has 8 heteroatoms. The average Bonchev–Trinajstić information content (AvgIpc) is 2.52. The topological polar surface area (TPSA) is 97.0 Å². The van der Waals surface area contributed by atoms with Crippen LogP contribution in [-0.2, 0) is 16.0 Å². The molecule has 2 unspecified atom stereocenters. The number of amides is 1. The van der Waals surface area contributed by atoms with E-state index in [2.05, 4.69) is 9.12 Å². The van der Waals surface area contributed by atoms with Crippen molar-refractivity contribution in [2.45, 2.75) is 12.8 Å². The van der Waals surface area contributed by atoms with E-state index in [0.29, 0.717) is 36.1 Å². The summed E-state index contributed by atoms with van der Waals surface area (Å²) in [5, 5.41) is 0. The molecule has 0 spiro atoms. The summed E-state index contributed by atoms with van der Waals surface area (Å²) in [4.78, 5) is 12.6. The lowest BCUT2D eigenvalue weighted by Gasteiger charge is -2.30. The second-order valence-electron chi connectivity index (χ2n) is 5.43. The number of amidine groups is 1. The van der Waals surface area contributed by atoms with Gasteiger partial charge in [0.15, 0.2) is 0 Å². The fourth-order valence-corrected chi connectivity index (χ4v) is 3.46. The van der Waals surface area contributed by atoms with E-state index in [4.69, 9.17) is 10.5 Å². The van der Waals surface area contributed by atoms with E-state index in [1.54, 1.807) is 11.0 Å². The molecule has 1 aromatic carbocycles. The molecule has 0 radical (unpaired) electrons. The molecule has 1 aromatic rings. The SMILES string of the molecule is NC1=NS(=O)Nc2cccc(OCC3CCCN(C=O)C3)c21. The molecule has 0 aliphatic carbocycles. The second kappa shape index (κ2) is 6.35. The monoisotopic (exact) mass is 322 g/mol. The van der Waals surface area contributed by atoms with Gasteiger partial charge >= 0.3 is 0 Å². The summed E-state index contributed by atoms with van der Waals surface area (Å²) >= 11 is -1.54. The summed E-state index contributed by atoms with van der Waals surface area (Å²) in [6.07, 6.45) is 2.91. The molecule has 1 amide bonds. The molecule has 2 aliphatic heterocycles. The van der Waals surface area contributed by atoms with Gasteiger partial charge in [-0.1, -0.05) is 6.07 Å². The van der Waals surface area contributed by atoms with Crippen LogP contribution >= 0.6 is 0 Å². The van der Waals surface area contributed by atoms with Crippen LogP contribution in [0.3, 0.4) is 0 Å². The van der Waals surface area contributed by atoms with E-state index >= 15 is 0 Å². The lowest BCUT2D eigenvalue weighted by molar-refractivity contribution is -0.119. The van der Waals surface area contributed by atoms with Gasteiger partial charge in [0.25, 0.3) is 0 Å². The summed E-state index contributed by atoms with van der Waals surface area (Å²) in [5.41, 5.74) is 7.17. The number of rotatable bonds is 4. The molecule has 22 heavy (non-hydrogen) atoms. The maximum atomic E-state index is 11.5. The Labute approximate surface area is 131 Å². The molecule has 2 atom stereocenters. The largest absolute Gasteiger partial charge is 0.492 e. The first kappa shape index (κ1) is 14.8. The smallest absolute Gasteiger partial charge is 0.245 e. The van der Waals surface area contributed by atoms with Gasteiger partial charge in [-0.15, -0.1) is 0 Å². The van der Waals surface area contributed by atoms with Crippen molar-refractivity contribution in [2.24, 2.45) is 16.0 Å². The summed E-state index contributed by atoms with van der Waals surface area (Å²) in [6, 6.07) is 5.42. The van der Waals surface area contributed by atoms with Crippen molar-refractivity contribution < 1.29 is 13.7 Å². The third kappa shape index (κ3) is 3.06. The molecule has 7 nitrogen and oxygen atoms in total. The number of carbonyl (C=O) groups is 1. The number of fused-ring (bicyclic) bond motifs is 1. The Balaban J connectivity index is 1.72. The predicted octanol–water partition coefficient (Wildman–Crippen LogP) is 0.643. The third-order valence-corrected chi connectivity index (χ3v) is 4.59. The Morgan fingerprint density at radius 2 is 2.41 bits per heavy atom. The highest BCUT2D eigenvalue weighted by Crippen LogP contribution is 2.30. The molecule has 0 saturated carbocycles. The molecular formula is C14H18N4O3S. The van der Waals surface area contributed by atoms with Gasteiger partial charge in [-0.3, -0.25) is 9.52 Å². The molecule has 2 aliphatic rings. The molecule has 118 valence electrons. The minimum absolute atomic E-state index is 0.209. The number of nitrogens with one attached hydrogen (secondary N) is 1. The zero-order valence-electron chi connectivity index (χ0n) is 12.0. The molecule has 2 heterocycles. The van der Waals surface area contributed by atoms with Gasteiger partial charge in [0.05, 0.1) is 17.9 Å². The average molecular weight is 322 g/mol. The van der Waals surface area contributed by atoms with Gasteiger partial charge in [-0.05, 0) is 25.0 Å². The van der Waals surface area contributed by atoms with Crippen LogP contribution in [0.25, 0.3) is 0 Å². The lowest BCUT2D eigenvalue weighted by Crippen LogP contribution is -2.36. The van der Waals surface area contributed by atoms with Crippen LogP contribution in [0.5, 0.6) is 5.75 Å².